The molecule has 3 rings (SSSR count). The molecule has 1 aliphatic heterocycles. The summed E-state index contributed by atoms with van der Waals surface area (Å²) in [6.45, 7) is 4.72. The topological polar surface area (TPSA) is 75.2 Å². The molecular formula is C18H22N4O2S. The van der Waals surface area contributed by atoms with E-state index in [1.165, 1.54) is 4.88 Å². The highest BCUT2D eigenvalue weighted by Crippen LogP contribution is 2.30. The predicted molar refractivity (Wildman–Crippen MR) is 96.0 cm³/mol. The van der Waals surface area contributed by atoms with Crippen molar-refractivity contribution < 1.29 is 9.59 Å². The van der Waals surface area contributed by atoms with Gasteiger partial charge in [0, 0.05) is 23.2 Å². The first-order valence-corrected chi connectivity index (χ1v) is 9.24. The highest BCUT2D eigenvalue weighted by molar-refractivity contribution is 7.12. The molecule has 1 N–H and O–H groups in total. The summed E-state index contributed by atoms with van der Waals surface area (Å²) in [4.78, 5) is 36.7. The number of nitrogens with one attached hydrogen (secondary N) is 1. The fourth-order valence-corrected chi connectivity index (χ4v) is 4.00. The van der Waals surface area contributed by atoms with Gasteiger partial charge in [0.2, 0.25) is 11.8 Å². The van der Waals surface area contributed by atoms with E-state index in [-0.39, 0.29) is 17.9 Å². The van der Waals surface area contributed by atoms with Crippen LogP contribution in [-0.4, -0.2) is 33.2 Å². The van der Waals surface area contributed by atoms with E-state index in [2.05, 4.69) is 15.3 Å². The molecule has 1 aliphatic rings. The Hall–Kier alpha value is -2.28. The van der Waals surface area contributed by atoms with E-state index >= 15 is 0 Å². The van der Waals surface area contributed by atoms with Gasteiger partial charge in [-0.1, -0.05) is 0 Å². The number of carbonyl (C=O) groups excluding carboxylic acids is 2. The molecule has 2 aromatic heterocycles. The molecule has 132 valence electrons. The summed E-state index contributed by atoms with van der Waals surface area (Å²) in [7, 11) is 0. The molecular weight excluding hydrogens is 336 g/mol. The number of amides is 2. The predicted octanol–water partition coefficient (Wildman–Crippen LogP) is 2.39. The number of aromatic nitrogens is 2. The van der Waals surface area contributed by atoms with Crippen molar-refractivity contribution in [1.82, 2.24) is 20.2 Å². The Balaban J connectivity index is 1.60. The van der Waals surface area contributed by atoms with Gasteiger partial charge in [0.25, 0.3) is 0 Å². The Morgan fingerprint density at radius 2 is 2.20 bits per heavy atom. The van der Waals surface area contributed by atoms with Crippen LogP contribution in [0.4, 0.5) is 0 Å². The standard InChI is InChI=1S/C18H22N4O2S/c1-12-5-6-15(25-12)8-18(24)20-10-14-9-19-11-16(21-14)17-4-3-7-22(17)13(2)23/h5-6,9,11,17H,3-4,7-8,10H2,1-2H3,(H,20,24). The average Bonchev–Trinajstić information content (AvgIpc) is 3.22. The third-order valence-corrected chi connectivity index (χ3v) is 5.30. The van der Waals surface area contributed by atoms with Crippen LogP contribution in [0.1, 0.15) is 46.9 Å². The van der Waals surface area contributed by atoms with Crippen molar-refractivity contribution in [1.29, 1.82) is 0 Å². The maximum atomic E-state index is 12.1. The van der Waals surface area contributed by atoms with Gasteiger partial charge in [0.05, 0.1) is 42.8 Å². The summed E-state index contributed by atoms with van der Waals surface area (Å²) >= 11 is 1.63. The first-order chi connectivity index (χ1) is 12.0. The second-order valence-corrected chi connectivity index (χ2v) is 7.64. The summed E-state index contributed by atoms with van der Waals surface area (Å²) in [5.74, 6) is 0.0366. The Kier molecular flexibility index (Phi) is 5.43. The molecule has 0 radical (unpaired) electrons. The zero-order valence-corrected chi connectivity index (χ0v) is 15.3. The van der Waals surface area contributed by atoms with Gasteiger partial charge in [-0.2, -0.15) is 0 Å². The van der Waals surface area contributed by atoms with Gasteiger partial charge in [-0.25, -0.2) is 0 Å². The van der Waals surface area contributed by atoms with E-state index in [9.17, 15) is 9.59 Å². The number of hydrogen-bond acceptors (Lipinski definition) is 5. The molecule has 25 heavy (non-hydrogen) atoms. The molecule has 0 aromatic carbocycles. The van der Waals surface area contributed by atoms with Crippen molar-refractivity contribution in [3.05, 3.63) is 45.7 Å². The van der Waals surface area contributed by atoms with Gasteiger partial charge < -0.3 is 10.2 Å². The molecule has 7 heteroatoms. The Morgan fingerprint density at radius 1 is 1.36 bits per heavy atom. The molecule has 3 heterocycles. The third kappa shape index (κ3) is 4.42. The lowest BCUT2D eigenvalue weighted by Crippen LogP contribution is -2.29. The van der Waals surface area contributed by atoms with Gasteiger partial charge in [-0.05, 0) is 31.9 Å². The highest BCUT2D eigenvalue weighted by atomic mass is 32.1. The van der Waals surface area contributed by atoms with E-state index in [1.54, 1.807) is 30.7 Å². The molecule has 1 unspecified atom stereocenters. The van der Waals surface area contributed by atoms with Crippen molar-refractivity contribution in [2.75, 3.05) is 6.54 Å². The molecule has 0 aliphatic carbocycles. The summed E-state index contributed by atoms with van der Waals surface area (Å²) in [6.07, 6.45) is 5.64. The molecule has 1 atom stereocenters. The normalized spacial score (nSPS) is 16.9. The molecule has 2 amide bonds. The van der Waals surface area contributed by atoms with Crippen molar-refractivity contribution in [2.45, 2.75) is 45.7 Å². The minimum atomic E-state index is -0.0275. The van der Waals surface area contributed by atoms with Crippen molar-refractivity contribution in [2.24, 2.45) is 0 Å². The molecule has 0 bridgehead atoms. The van der Waals surface area contributed by atoms with Gasteiger partial charge in [-0.3, -0.25) is 19.6 Å². The minimum Gasteiger partial charge on any atom is -0.350 e. The Bertz CT molecular complexity index is 774. The fraction of sp³-hybridized carbons (Fsp3) is 0.444. The molecule has 6 nitrogen and oxygen atoms in total. The van der Waals surface area contributed by atoms with Gasteiger partial charge in [-0.15, -0.1) is 11.3 Å². The number of aryl methyl sites for hydroxylation is 1. The molecule has 0 spiro atoms. The fourth-order valence-electron chi connectivity index (χ4n) is 3.11. The van der Waals surface area contributed by atoms with E-state index in [0.29, 0.717) is 18.7 Å². The second kappa shape index (κ2) is 7.74. The van der Waals surface area contributed by atoms with Crippen LogP contribution < -0.4 is 5.32 Å². The quantitative estimate of drug-likeness (QED) is 0.890. The Morgan fingerprint density at radius 3 is 2.92 bits per heavy atom. The third-order valence-electron chi connectivity index (χ3n) is 4.30. The maximum absolute atomic E-state index is 12.1. The smallest absolute Gasteiger partial charge is 0.225 e. The second-order valence-electron chi connectivity index (χ2n) is 6.27. The van der Waals surface area contributed by atoms with E-state index in [1.807, 2.05) is 24.0 Å². The maximum Gasteiger partial charge on any atom is 0.225 e. The average molecular weight is 358 g/mol. The van der Waals surface area contributed by atoms with Crippen LogP contribution in [0, 0.1) is 6.92 Å². The van der Waals surface area contributed by atoms with Crippen LogP contribution in [0.3, 0.4) is 0 Å². The first kappa shape index (κ1) is 17.5. The molecule has 2 aromatic rings. The number of likely N-dealkylation sites (tertiary alicyclic amines) is 1. The molecule has 0 saturated carbocycles. The SMILES string of the molecule is CC(=O)N1CCCC1c1cncc(CNC(=O)Cc2ccc(C)s2)n1. The number of carbonyl (C=O) groups is 2. The summed E-state index contributed by atoms with van der Waals surface area (Å²) < 4.78 is 0. The van der Waals surface area contributed by atoms with Crippen LogP contribution in [0.5, 0.6) is 0 Å². The van der Waals surface area contributed by atoms with Crippen molar-refractivity contribution in [3.8, 4) is 0 Å². The largest absolute Gasteiger partial charge is 0.350 e. The summed E-state index contributed by atoms with van der Waals surface area (Å²) in [6, 6.07) is 4.00. The minimum absolute atomic E-state index is 0.00487. The van der Waals surface area contributed by atoms with Crippen LogP contribution >= 0.6 is 11.3 Å². The zero-order chi connectivity index (χ0) is 17.8. The molecule has 1 saturated heterocycles. The lowest BCUT2D eigenvalue weighted by molar-refractivity contribution is -0.129. The van der Waals surface area contributed by atoms with Crippen LogP contribution in [0.25, 0.3) is 0 Å². The number of nitrogens with zero attached hydrogens (tertiary/aromatic N) is 3. The van der Waals surface area contributed by atoms with Crippen LogP contribution in [0.15, 0.2) is 24.5 Å². The lowest BCUT2D eigenvalue weighted by atomic mass is 10.1. The van der Waals surface area contributed by atoms with Gasteiger partial charge >= 0.3 is 0 Å². The first-order valence-electron chi connectivity index (χ1n) is 8.43. The monoisotopic (exact) mass is 358 g/mol. The number of rotatable bonds is 5. The van der Waals surface area contributed by atoms with Crippen LogP contribution in [-0.2, 0) is 22.6 Å². The summed E-state index contributed by atoms with van der Waals surface area (Å²) in [5.41, 5.74) is 1.51. The lowest BCUT2D eigenvalue weighted by Gasteiger charge is -2.22. The van der Waals surface area contributed by atoms with Gasteiger partial charge in [0.1, 0.15) is 0 Å². The number of thiophene rings is 1. The highest BCUT2D eigenvalue weighted by Gasteiger charge is 2.29. The van der Waals surface area contributed by atoms with E-state index in [0.717, 1.165) is 30.0 Å². The zero-order valence-electron chi connectivity index (χ0n) is 14.5. The summed E-state index contributed by atoms with van der Waals surface area (Å²) in [5, 5.41) is 2.89. The van der Waals surface area contributed by atoms with E-state index < -0.39 is 0 Å². The van der Waals surface area contributed by atoms with Gasteiger partial charge in [0.15, 0.2) is 0 Å². The van der Waals surface area contributed by atoms with Crippen LogP contribution in [0.2, 0.25) is 0 Å². The number of hydrogen-bond donors (Lipinski definition) is 1. The van der Waals surface area contributed by atoms with Crippen molar-refractivity contribution >= 4 is 23.2 Å². The molecule has 1 fully saturated rings. The Labute approximate surface area is 151 Å². The van der Waals surface area contributed by atoms with Crippen molar-refractivity contribution in [3.63, 3.8) is 0 Å². The van der Waals surface area contributed by atoms with E-state index in [4.69, 9.17) is 0 Å².